The maximum atomic E-state index is 12.3. The molecule has 1 aliphatic rings. The quantitative estimate of drug-likeness (QED) is 0.690. The summed E-state index contributed by atoms with van der Waals surface area (Å²) in [5.74, 6) is 1.22. The number of aromatic nitrogens is 3. The molecule has 9 heteroatoms. The molecule has 0 fully saturated rings. The first-order chi connectivity index (χ1) is 12.0. The molecule has 0 saturated heterocycles. The Balaban J connectivity index is 1.98. The van der Waals surface area contributed by atoms with E-state index < -0.39 is 10.0 Å². The van der Waals surface area contributed by atoms with E-state index in [0.717, 1.165) is 11.3 Å². The van der Waals surface area contributed by atoms with E-state index >= 15 is 0 Å². The Labute approximate surface area is 147 Å². The van der Waals surface area contributed by atoms with Crippen molar-refractivity contribution in [3.63, 3.8) is 0 Å². The molecule has 3 heterocycles. The van der Waals surface area contributed by atoms with Crippen molar-refractivity contribution in [3.8, 4) is 11.6 Å². The van der Waals surface area contributed by atoms with E-state index in [9.17, 15) is 8.42 Å². The fourth-order valence-electron chi connectivity index (χ4n) is 3.00. The van der Waals surface area contributed by atoms with Gasteiger partial charge >= 0.3 is 0 Å². The smallest absolute Gasteiger partial charge is 0.247 e. The highest BCUT2D eigenvalue weighted by Gasteiger charge is 2.32. The Kier molecular flexibility index (Phi) is 5.26. The van der Waals surface area contributed by atoms with Gasteiger partial charge in [0.05, 0.1) is 25.1 Å². The van der Waals surface area contributed by atoms with Crippen molar-refractivity contribution in [1.82, 2.24) is 19.1 Å². The summed E-state index contributed by atoms with van der Waals surface area (Å²) in [6, 6.07) is 0. The Morgan fingerprint density at radius 2 is 2.16 bits per heavy atom. The summed E-state index contributed by atoms with van der Waals surface area (Å²) in [7, 11) is -3.25. The average molecular weight is 368 g/mol. The first-order valence-corrected chi connectivity index (χ1v) is 10.1. The molecule has 0 aromatic carbocycles. The van der Waals surface area contributed by atoms with E-state index in [0.29, 0.717) is 56.6 Å². The van der Waals surface area contributed by atoms with Gasteiger partial charge in [-0.25, -0.2) is 13.4 Å². The summed E-state index contributed by atoms with van der Waals surface area (Å²) in [5.41, 5.74) is 2.53. The summed E-state index contributed by atoms with van der Waals surface area (Å²) in [5, 5.41) is 4.65. The highest BCUT2D eigenvalue weighted by Crippen LogP contribution is 2.31. The van der Waals surface area contributed by atoms with E-state index in [2.05, 4.69) is 10.1 Å². The van der Waals surface area contributed by atoms with Crippen LogP contribution in [0.15, 0.2) is 10.6 Å². The molecule has 0 atom stereocenters. The van der Waals surface area contributed by atoms with Gasteiger partial charge in [0, 0.05) is 37.4 Å². The number of nitrogens with zero attached hydrogens (tertiary/aromatic N) is 4. The van der Waals surface area contributed by atoms with Crippen molar-refractivity contribution in [2.75, 3.05) is 25.5 Å². The minimum absolute atomic E-state index is 0.0915. The summed E-state index contributed by atoms with van der Waals surface area (Å²) in [4.78, 5) is 4.27. The predicted molar refractivity (Wildman–Crippen MR) is 92.5 cm³/mol. The molecule has 0 spiro atoms. The Morgan fingerprint density at radius 1 is 1.36 bits per heavy atom. The Bertz CT molecular complexity index is 840. The van der Waals surface area contributed by atoms with E-state index in [1.807, 2.05) is 18.5 Å². The third kappa shape index (κ3) is 3.63. The molecule has 0 unspecified atom stereocenters. The van der Waals surface area contributed by atoms with Crippen molar-refractivity contribution in [2.45, 2.75) is 40.3 Å². The second-order valence-electron chi connectivity index (χ2n) is 5.95. The fraction of sp³-hybridized carbons (Fsp3) is 0.625. The number of fused-ring (bicyclic) bond motifs is 1. The molecule has 138 valence electrons. The molecule has 0 amide bonds. The monoisotopic (exact) mass is 368 g/mol. The molecule has 3 rings (SSSR count). The number of hydrogen-bond donors (Lipinski definition) is 0. The summed E-state index contributed by atoms with van der Waals surface area (Å²) >= 11 is 0. The second-order valence-corrected chi connectivity index (χ2v) is 8.21. The first-order valence-electron chi connectivity index (χ1n) is 8.53. The van der Waals surface area contributed by atoms with E-state index in [4.69, 9.17) is 9.15 Å². The molecular weight excluding hydrogens is 344 g/mol. The Morgan fingerprint density at radius 3 is 2.80 bits per heavy atom. The molecule has 1 aliphatic heterocycles. The van der Waals surface area contributed by atoms with Crippen LogP contribution in [0.25, 0.3) is 11.6 Å². The number of sulfonamides is 1. The van der Waals surface area contributed by atoms with Crippen LogP contribution >= 0.6 is 0 Å². The van der Waals surface area contributed by atoms with Crippen molar-refractivity contribution < 1.29 is 17.6 Å². The second kappa shape index (κ2) is 7.27. The lowest BCUT2D eigenvalue weighted by molar-refractivity contribution is 0.135. The van der Waals surface area contributed by atoms with Gasteiger partial charge in [0.1, 0.15) is 5.76 Å². The van der Waals surface area contributed by atoms with Crippen LogP contribution in [0.1, 0.15) is 30.9 Å². The molecule has 0 bridgehead atoms. The largest absolute Gasteiger partial charge is 0.440 e. The summed E-state index contributed by atoms with van der Waals surface area (Å²) in [6.07, 6.45) is 2.26. The molecule has 0 radical (unpaired) electrons. The van der Waals surface area contributed by atoms with Crippen LogP contribution in [0.4, 0.5) is 0 Å². The van der Waals surface area contributed by atoms with Crippen molar-refractivity contribution in [1.29, 1.82) is 0 Å². The van der Waals surface area contributed by atoms with Gasteiger partial charge in [-0.15, -0.1) is 0 Å². The molecule has 0 aliphatic carbocycles. The third-order valence-corrected chi connectivity index (χ3v) is 6.16. The van der Waals surface area contributed by atoms with Gasteiger partial charge in [-0.1, -0.05) is 0 Å². The number of rotatable bonds is 7. The lowest BCUT2D eigenvalue weighted by atomic mass is 10.1. The third-order valence-electron chi connectivity index (χ3n) is 4.33. The summed E-state index contributed by atoms with van der Waals surface area (Å²) < 4.78 is 39.0. The number of hydrogen-bond acceptors (Lipinski definition) is 6. The number of oxazole rings is 1. The van der Waals surface area contributed by atoms with Crippen LogP contribution in [0, 0.1) is 6.92 Å². The van der Waals surface area contributed by atoms with E-state index in [1.54, 1.807) is 13.1 Å². The van der Waals surface area contributed by atoms with E-state index in [1.165, 1.54) is 4.31 Å². The lowest BCUT2D eigenvalue weighted by Gasteiger charge is -2.26. The summed E-state index contributed by atoms with van der Waals surface area (Å²) in [6.45, 7) is 8.04. The van der Waals surface area contributed by atoms with Gasteiger partial charge in [0.25, 0.3) is 0 Å². The predicted octanol–water partition coefficient (Wildman–Crippen LogP) is 1.59. The maximum Gasteiger partial charge on any atom is 0.247 e. The van der Waals surface area contributed by atoms with Crippen LogP contribution in [0.5, 0.6) is 0 Å². The number of ether oxygens (including phenoxy) is 1. The van der Waals surface area contributed by atoms with Gasteiger partial charge in [0.15, 0.2) is 5.69 Å². The van der Waals surface area contributed by atoms with E-state index in [-0.39, 0.29) is 5.75 Å². The number of aryl methyl sites for hydroxylation is 1. The standard InChI is InChI=1S/C16H24N4O4S/c1-4-23-9-8-20-14-6-7-19(25(21,22)5-2)11-13(14)15(18-20)16-17-10-12(3)24-16/h10H,4-9,11H2,1-3H3. The van der Waals surface area contributed by atoms with Gasteiger partial charge in [-0.3, -0.25) is 4.68 Å². The van der Waals surface area contributed by atoms with Crippen LogP contribution < -0.4 is 0 Å². The molecule has 0 N–H and O–H groups in total. The first kappa shape index (κ1) is 18.1. The zero-order valence-electron chi connectivity index (χ0n) is 14.9. The molecule has 2 aromatic rings. The molecule has 0 saturated carbocycles. The Hall–Kier alpha value is -1.71. The molecular formula is C16H24N4O4S. The molecule has 2 aromatic heterocycles. The lowest BCUT2D eigenvalue weighted by Crippen LogP contribution is -2.37. The van der Waals surface area contributed by atoms with Crippen molar-refractivity contribution >= 4 is 10.0 Å². The minimum atomic E-state index is -3.25. The average Bonchev–Trinajstić information content (AvgIpc) is 3.18. The van der Waals surface area contributed by atoms with Crippen LogP contribution in [0.3, 0.4) is 0 Å². The normalized spacial score (nSPS) is 15.5. The minimum Gasteiger partial charge on any atom is -0.440 e. The van der Waals surface area contributed by atoms with Gasteiger partial charge in [-0.2, -0.15) is 9.40 Å². The van der Waals surface area contributed by atoms with Gasteiger partial charge in [0.2, 0.25) is 15.9 Å². The SMILES string of the molecule is CCOCCn1nc(-c2ncc(C)o2)c2c1CCN(S(=O)(=O)CC)C2. The van der Waals surface area contributed by atoms with Crippen molar-refractivity contribution in [3.05, 3.63) is 23.2 Å². The molecule has 8 nitrogen and oxygen atoms in total. The fourth-order valence-corrected chi connectivity index (χ4v) is 4.06. The van der Waals surface area contributed by atoms with Crippen LogP contribution in [-0.2, 0) is 34.3 Å². The zero-order chi connectivity index (χ0) is 18.0. The van der Waals surface area contributed by atoms with Crippen molar-refractivity contribution in [2.24, 2.45) is 0 Å². The highest BCUT2D eigenvalue weighted by molar-refractivity contribution is 7.89. The topological polar surface area (TPSA) is 90.5 Å². The maximum absolute atomic E-state index is 12.3. The highest BCUT2D eigenvalue weighted by atomic mass is 32.2. The molecule has 25 heavy (non-hydrogen) atoms. The zero-order valence-corrected chi connectivity index (χ0v) is 15.7. The van der Waals surface area contributed by atoms with Crippen LogP contribution in [-0.4, -0.2) is 53.0 Å². The van der Waals surface area contributed by atoms with Crippen LogP contribution in [0.2, 0.25) is 0 Å². The van der Waals surface area contributed by atoms with Gasteiger partial charge in [-0.05, 0) is 20.8 Å². The van der Waals surface area contributed by atoms with Gasteiger partial charge < -0.3 is 9.15 Å².